The molecule has 0 bridgehead atoms. The Hall–Kier alpha value is -4.91. The largest absolute Gasteiger partial charge is 0.501 e. The van der Waals surface area contributed by atoms with Crippen molar-refractivity contribution >= 4 is 60.4 Å². The number of anilines is 2. The summed E-state index contributed by atoms with van der Waals surface area (Å²) in [7, 11) is -9.11. The fraction of sp³-hybridized carbons (Fsp3) is 0.383. The molecule has 2 aliphatic heterocycles. The van der Waals surface area contributed by atoms with Crippen molar-refractivity contribution in [1.82, 2.24) is 19.5 Å². The Morgan fingerprint density at radius 2 is 1.58 bits per heavy atom. The fourth-order valence-corrected chi connectivity index (χ4v) is 10.9. The molecule has 2 fully saturated rings. The number of hydrazine groups is 1. The van der Waals surface area contributed by atoms with Gasteiger partial charge in [0.25, 0.3) is 25.8 Å². The molecule has 346 valence electrons. The maximum absolute atomic E-state index is 14.0. The number of nitrogens with zero attached hydrogens (tertiary/aromatic N) is 4. The second kappa shape index (κ2) is 18.4. The number of alkyl halides is 3. The lowest BCUT2D eigenvalue weighted by Crippen LogP contribution is -2.47. The van der Waals surface area contributed by atoms with E-state index in [2.05, 4.69) is 41.2 Å². The van der Waals surface area contributed by atoms with E-state index in [-0.39, 0.29) is 16.7 Å². The highest BCUT2D eigenvalue weighted by Crippen LogP contribution is 2.44. The van der Waals surface area contributed by atoms with Crippen LogP contribution in [0, 0.1) is 5.41 Å². The molecule has 0 radical (unpaired) electrons. The zero-order chi connectivity index (χ0) is 46.3. The van der Waals surface area contributed by atoms with Crippen molar-refractivity contribution in [3.8, 4) is 11.5 Å². The highest BCUT2D eigenvalue weighted by Gasteiger charge is 2.48. The Bertz CT molecular complexity index is 2750. The smallest absolute Gasteiger partial charge is 0.456 e. The summed E-state index contributed by atoms with van der Waals surface area (Å²) in [6.07, 6.45) is 7.68. The van der Waals surface area contributed by atoms with Crippen LogP contribution in [0.15, 0.2) is 100 Å². The molecule has 0 aromatic heterocycles. The number of sulfonamides is 1. The molecule has 65 heavy (non-hydrogen) atoms. The average molecular weight is 954 g/mol. The van der Waals surface area contributed by atoms with Gasteiger partial charge in [-0.05, 0) is 103 Å². The summed E-state index contributed by atoms with van der Waals surface area (Å²) < 4.78 is 104. The Kier molecular flexibility index (Phi) is 13.2. The van der Waals surface area contributed by atoms with Gasteiger partial charge < -0.3 is 20.0 Å². The number of benzene rings is 4. The van der Waals surface area contributed by atoms with E-state index >= 15 is 0 Å². The number of fused-ring (bicyclic) bond motifs is 1. The van der Waals surface area contributed by atoms with Gasteiger partial charge in [0.2, 0.25) is 0 Å². The number of amides is 1. The van der Waals surface area contributed by atoms with Crippen LogP contribution < -0.4 is 19.8 Å². The average Bonchev–Trinajstić information content (AvgIpc) is 3.75. The molecule has 8 rings (SSSR count). The molecule has 18 heteroatoms. The Balaban J connectivity index is 1.04. The number of carbonyl (C=O) groups is 1. The number of ether oxygens (including phenoxy) is 1. The normalized spacial score (nSPS) is 18.7. The summed E-state index contributed by atoms with van der Waals surface area (Å²) in [5.41, 5.74) is 3.13. The molecule has 0 unspecified atom stereocenters. The van der Waals surface area contributed by atoms with Crippen molar-refractivity contribution in [3.05, 3.63) is 118 Å². The number of rotatable bonds is 12. The van der Waals surface area contributed by atoms with Gasteiger partial charge in [-0.15, -0.1) is 0 Å². The van der Waals surface area contributed by atoms with Crippen molar-refractivity contribution in [3.63, 3.8) is 0 Å². The number of likely N-dealkylation sites (N-methyl/N-ethyl adjacent to an activating group) is 1. The maximum atomic E-state index is 14.0. The van der Waals surface area contributed by atoms with E-state index in [4.69, 9.17) is 16.3 Å². The molecule has 2 heterocycles. The van der Waals surface area contributed by atoms with Crippen molar-refractivity contribution in [2.75, 3.05) is 76.3 Å². The molecule has 0 atom stereocenters. The lowest BCUT2D eigenvalue weighted by molar-refractivity contribution is -0.0436. The van der Waals surface area contributed by atoms with Crippen LogP contribution in [-0.2, 0) is 26.3 Å². The second-order valence-electron chi connectivity index (χ2n) is 17.9. The summed E-state index contributed by atoms with van der Waals surface area (Å²) >= 11 is 6.23. The third-order valence-electron chi connectivity index (χ3n) is 12.6. The number of halogens is 4. The second-order valence-corrected chi connectivity index (χ2v) is 21.9. The summed E-state index contributed by atoms with van der Waals surface area (Å²) in [4.78, 5) is 18.5. The Morgan fingerprint density at radius 1 is 0.862 bits per heavy atom. The standard InChI is InChI=1S/C47H52ClF3N6O6S2/c1-46(2)19-18-34(40(30-46)33-10-12-35(48)13-11-33)31-55-22-24-56(25-23-55)36-14-16-39(43(28-36)63-42-9-5-7-32-6-4-8-38(32)42)45(58)53-65(61,62)37-15-17-41(52-57-26-20-54(3)21-27-57)44(29-37)64(59,60)47(49,50)51/h4-5,7-17,28-29,52H,6,18-27,30-31H2,1-3H3,(H,53,58). The highest BCUT2D eigenvalue weighted by molar-refractivity contribution is 7.92. The maximum Gasteiger partial charge on any atom is 0.501 e. The minimum atomic E-state index is -6.04. The van der Waals surface area contributed by atoms with Gasteiger partial charge in [0.15, 0.2) is 0 Å². The van der Waals surface area contributed by atoms with Crippen LogP contribution in [0.5, 0.6) is 11.5 Å². The molecule has 12 nitrogen and oxygen atoms in total. The van der Waals surface area contributed by atoms with Gasteiger partial charge in [0.05, 0.1) is 16.1 Å². The number of allylic oxidation sites excluding steroid dienone is 2. The summed E-state index contributed by atoms with van der Waals surface area (Å²) in [6, 6.07) is 20.8. The molecule has 1 amide bonds. The van der Waals surface area contributed by atoms with Gasteiger partial charge in [-0.25, -0.2) is 26.6 Å². The van der Waals surface area contributed by atoms with Crippen LogP contribution in [0.25, 0.3) is 11.6 Å². The number of hydrogen-bond acceptors (Lipinski definition) is 11. The number of carbonyl (C=O) groups excluding carboxylic acids is 1. The lowest BCUT2D eigenvalue weighted by atomic mass is 9.72. The van der Waals surface area contributed by atoms with Gasteiger partial charge >= 0.3 is 5.51 Å². The van der Waals surface area contributed by atoms with E-state index in [9.17, 15) is 34.8 Å². The molecule has 2 saturated heterocycles. The lowest BCUT2D eigenvalue weighted by Gasteiger charge is -2.39. The first-order chi connectivity index (χ1) is 30.8. The SMILES string of the molecule is CN1CCN(Nc2ccc(S(=O)(=O)NC(=O)c3ccc(N4CCN(CC5=C(c6ccc(Cl)cc6)CC(C)(C)CC5)CC4)cc3Oc3cccc4c3C=CC4)cc2S(=O)(=O)C(F)(F)F)CC1. The van der Waals surface area contributed by atoms with Crippen LogP contribution in [0.4, 0.5) is 24.5 Å². The van der Waals surface area contributed by atoms with Gasteiger partial charge in [0.1, 0.15) is 16.4 Å². The predicted molar refractivity (Wildman–Crippen MR) is 247 cm³/mol. The van der Waals surface area contributed by atoms with Gasteiger partial charge in [-0.2, -0.15) is 13.2 Å². The number of hydrogen-bond donors (Lipinski definition) is 2. The monoisotopic (exact) mass is 952 g/mol. The molecule has 4 aromatic carbocycles. The topological polar surface area (TPSA) is 132 Å². The van der Waals surface area contributed by atoms with Crippen molar-refractivity contribution in [2.45, 2.75) is 54.8 Å². The van der Waals surface area contributed by atoms with E-state index in [1.54, 1.807) is 23.2 Å². The third-order valence-corrected chi connectivity index (χ3v) is 15.7. The molecular weight excluding hydrogens is 901 g/mol. The van der Waals surface area contributed by atoms with Gasteiger partial charge in [-0.3, -0.25) is 9.69 Å². The summed E-state index contributed by atoms with van der Waals surface area (Å²) in [5, 5.41) is 2.26. The Morgan fingerprint density at radius 3 is 2.29 bits per heavy atom. The molecule has 4 aromatic rings. The summed E-state index contributed by atoms with van der Waals surface area (Å²) in [6.45, 7) is 10.2. The van der Waals surface area contributed by atoms with Crippen molar-refractivity contribution in [2.24, 2.45) is 5.41 Å². The van der Waals surface area contributed by atoms with Crippen molar-refractivity contribution < 1.29 is 39.5 Å². The zero-order valence-electron chi connectivity index (χ0n) is 36.4. The van der Waals surface area contributed by atoms with E-state index in [1.807, 2.05) is 53.1 Å². The number of nitrogens with one attached hydrogen (secondary N) is 2. The van der Waals surface area contributed by atoms with Gasteiger partial charge in [0, 0.05) is 81.2 Å². The van der Waals surface area contributed by atoms with E-state index in [1.165, 1.54) is 22.8 Å². The quantitative estimate of drug-likeness (QED) is 0.142. The first-order valence-corrected chi connectivity index (χ1v) is 24.9. The molecular formula is C47H52ClF3N6O6S2. The van der Waals surface area contributed by atoms with Gasteiger partial charge in [-0.1, -0.05) is 67.4 Å². The minimum Gasteiger partial charge on any atom is -0.456 e. The number of sulfone groups is 1. The molecule has 2 N–H and O–H groups in total. The van der Waals surface area contributed by atoms with Crippen molar-refractivity contribution in [1.29, 1.82) is 0 Å². The highest BCUT2D eigenvalue weighted by atomic mass is 35.5. The molecule has 2 aliphatic carbocycles. The van der Waals surface area contributed by atoms with E-state index in [0.717, 1.165) is 67.8 Å². The molecule has 4 aliphatic rings. The van der Waals surface area contributed by atoms with Crippen LogP contribution in [0.2, 0.25) is 5.02 Å². The van der Waals surface area contributed by atoms with Crippen LogP contribution in [-0.4, -0.2) is 109 Å². The molecule has 0 spiro atoms. The first-order valence-electron chi connectivity index (χ1n) is 21.5. The number of piperazine rings is 2. The third kappa shape index (κ3) is 10.4. The first kappa shape index (κ1) is 46.6. The van der Waals surface area contributed by atoms with E-state index < -0.39 is 46.8 Å². The molecule has 0 saturated carbocycles. The summed E-state index contributed by atoms with van der Waals surface area (Å²) in [5.74, 6) is -0.623. The minimum absolute atomic E-state index is 0.0565. The van der Waals surface area contributed by atoms with Crippen LogP contribution in [0.3, 0.4) is 0 Å². The fourth-order valence-electron chi connectivity index (χ4n) is 8.78. The zero-order valence-corrected chi connectivity index (χ0v) is 38.8. The van der Waals surface area contributed by atoms with Crippen LogP contribution >= 0.6 is 11.6 Å². The Labute approximate surface area is 383 Å². The predicted octanol–water partition coefficient (Wildman–Crippen LogP) is 8.47. The van der Waals surface area contributed by atoms with Crippen LogP contribution in [0.1, 0.15) is 60.2 Å². The van der Waals surface area contributed by atoms with E-state index in [0.29, 0.717) is 62.5 Å².